The van der Waals surface area contributed by atoms with Crippen molar-refractivity contribution in [3.8, 4) is 0 Å². The third-order valence-electron chi connectivity index (χ3n) is 5.38. The Morgan fingerprint density at radius 2 is 1.92 bits per heavy atom. The standard InChI is InChI=1S/C19H30BClFNO2/c21-17-11-15(12-18(22)13-17)6-2-1-5-14-9-16(10-14)19(23)7-3-4-8-20(24)25/h11-14,16,19,24-25H,1-10,23H2. The number of aryl methyl sites for hydroxylation is 1. The maximum atomic E-state index is 13.3. The molecule has 4 N–H and O–H groups in total. The molecule has 1 unspecified atom stereocenters. The van der Waals surface area contributed by atoms with Gasteiger partial charge in [-0.3, -0.25) is 0 Å². The first-order valence-corrected chi connectivity index (χ1v) is 9.88. The smallest absolute Gasteiger partial charge is 0.427 e. The van der Waals surface area contributed by atoms with Gasteiger partial charge in [-0.2, -0.15) is 0 Å². The summed E-state index contributed by atoms with van der Waals surface area (Å²) in [5, 5.41) is 18.1. The lowest BCUT2D eigenvalue weighted by atomic mass is 9.68. The summed E-state index contributed by atoms with van der Waals surface area (Å²) in [6.07, 6.45) is 9.98. The van der Waals surface area contributed by atoms with Gasteiger partial charge in [0.15, 0.2) is 0 Å². The van der Waals surface area contributed by atoms with Crippen molar-refractivity contribution in [2.45, 2.75) is 70.1 Å². The lowest BCUT2D eigenvalue weighted by Gasteiger charge is -2.39. The van der Waals surface area contributed by atoms with E-state index < -0.39 is 7.12 Å². The molecule has 0 saturated heterocycles. The number of benzene rings is 1. The maximum absolute atomic E-state index is 13.3. The Hall–Kier alpha value is -0.615. The molecule has 1 fully saturated rings. The van der Waals surface area contributed by atoms with Gasteiger partial charge in [0.25, 0.3) is 0 Å². The summed E-state index contributed by atoms with van der Waals surface area (Å²) in [6.45, 7) is 0. The maximum Gasteiger partial charge on any atom is 0.451 e. The van der Waals surface area contributed by atoms with Crippen molar-refractivity contribution in [3.05, 3.63) is 34.6 Å². The van der Waals surface area contributed by atoms with E-state index in [4.69, 9.17) is 27.4 Å². The van der Waals surface area contributed by atoms with Crippen LogP contribution in [0, 0.1) is 17.7 Å². The van der Waals surface area contributed by atoms with Gasteiger partial charge >= 0.3 is 7.12 Å². The quantitative estimate of drug-likeness (QED) is 0.405. The molecular weight excluding hydrogens is 339 g/mol. The number of rotatable bonds is 11. The van der Waals surface area contributed by atoms with Crippen LogP contribution < -0.4 is 5.73 Å². The topological polar surface area (TPSA) is 66.5 Å². The first-order valence-electron chi connectivity index (χ1n) is 9.50. The van der Waals surface area contributed by atoms with Crippen LogP contribution in [0.4, 0.5) is 4.39 Å². The van der Waals surface area contributed by atoms with E-state index in [0.29, 0.717) is 17.3 Å². The van der Waals surface area contributed by atoms with E-state index in [-0.39, 0.29) is 11.9 Å². The van der Waals surface area contributed by atoms with E-state index in [1.165, 1.54) is 25.3 Å². The molecule has 0 spiro atoms. The van der Waals surface area contributed by atoms with E-state index >= 15 is 0 Å². The van der Waals surface area contributed by atoms with E-state index in [0.717, 1.165) is 50.0 Å². The van der Waals surface area contributed by atoms with Crippen LogP contribution >= 0.6 is 11.6 Å². The van der Waals surface area contributed by atoms with Crippen molar-refractivity contribution in [1.29, 1.82) is 0 Å². The Kier molecular flexibility index (Phi) is 8.70. The Morgan fingerprint density at radius 3 is 2.60 bits per heavy atom. The lowest BCUT2D eigenvalue weighted by molar-refractivity contribution is 0.144. The molecule has 1 aliphatic rings. The molecule has 0 heterocycles. The van der Waals surface area contributed by atoms with Crippen LogP contribution in [0.5, 0.6) is 0 Å². The molecule has 2 rings (SSSR count). The lowest BCUT2D eigenvalue weighted by Crippen LogP contribution is -2.39. The van der Waals surface area contributed by atoms with Gasteiger partial charge in [-0.05, 0) is 74.0 Å². The monoisotopic (exact) mass is 369 g/mol. The van der Waals surface area contributed by atoms with Crippen molar-refractivity contribution in [2.75, 3.05) is 0 Å². The Balaban J connectivity index is 1.52. The fourth-order valence-electron chi connectivity index (χ4n) is 3.83. The van der Waals surface area contributed by atoms with Gasteiger partial charge in [-0.1, -0.05) is 37.3 Å². The van der Waals surface area contributed by atoms with E-state index in [1.54, 1.807) is 6.07 Å². The van der Waals surface area contributed by atoms with Gasteiger partial charge in [-0.25, -0.2) is 4.39 Å². The average Bonchev–Trinajstić information content (AvgIpc) is 2.48. The van der Waals surface area contributed by atoms with Crippen LogP contribution in [-0.2, 0) is 6.42 Å². The van der Waals surface area contributed by atoms with Gasteiger partial charge in [-0.15, -0.1) is 0 Å². The van der Waals surface area contributed by atoms with Gasteiger partial charge in [0, 0.05) is 11.1 Å². The molecule has 6 heteroatoms. The van der Waals surface area contributed by atoms with Crippen LogP contribution in [0.2, 0.25) is 11.3 Å². The van der Waals surface area contributed by atoms with Crippen LogP contribution in [0.15, 0.2) is 18.2 Å². The third-order valence-corrected chi connectivity index (χ3v) is 5.60. The zero-order chi connectivity index (χ0) is 18.2. The number of hydrogen-bond donors (Lipinski definition) is 3. The highest BCUT2D eigenvalue weighted by Gasteiger charge is 2.32. The van der Waals surface area contributed by atoms with Crippen LogP contribution in [0.3, 0.4) is 0 Å². The van der Waals surface area contributed by atoms with Crippen molar-refractivity contribution < 1.29 is 14.4 Å². The molecule has 1 aliphatic carbocycles. The Bertz CT molecular complexity index is 506. The summed E-state index contributed by atoms with van der Waals surface area (Å²) in [4.78, 5) is 0. The van der Waals surface area contributed by atoms with Crippen molar-refractivity contribution >= 4 is 18.7 Å². The van der Waals surface area contributed by atoms with E-state index in [2.05, 4.69) is 0 Å². The first-order chi connectivity index (χ1) is 11.9. The summed E-state index contributed by atoms with van der Waals surface area (Å²) in [5.41, 5.74) is 7.22. The summed E-state index contributed by atoms with van der Waals surface area (Å²) < 4.78 is 13.3. The minimum Gasteiger partial charge on any atom is -0.427 e. The highest BCUT2D eigenvalue weighted by molar-refractivity contribution is 6.40. The average molecular weight is 370 g/mol. The van der Waals surface area contributed by atoms with Gasteiger partial charge in [0.05, 0.1) is 0 Å². The number of halogens is 2. The van der Waals surface area contributed by atoms with Crippen molar-refractivity contribution in [1.82, 2.24) is 0 Å². The first kappa shape index (κ1) is 20.7. The zero-order valence-corrected chi connectivity index (χ0v) is 15.6. The van der Waals surface area contributed by atoms with E-state index in [1.807, 2.05) is 6.07 Å². The summed E-state index contributed by atoms with van der Waals surface area (Å²) in [7, 11) is -1.19. The normalized spacial score (nSPS) is 21.0. The molecule has 140 valence electrons. The molecule has 0 aromatic heterocycles. The predicted molar refractivity (Wildman–Crippen MR) is 102 cm³/mol. The second-order valence-corrected chi connectivity index (χ2v) is 7.99. The molecule has 0 radical (unpaired) electrons. The minimum atomic E-state index is -1.19. The molecule has 0 amide bonds. The molecule has 1 aromatic rings. The number of unbranched alkanes of at least 4 members (excludes halogenated alkanes) is 2. The second kappa shape index (κ2) is 10.5. The SMILES string of the molecule is NC(CCCCB(O)O)C1CC(CCCCc2cc(F)cc(Cl)c2)C1. The fourth-order valence-corrected chi connectivity index (χ4v) is 4.08. The Labute approximate surface area is 155 Å². The zero-order valence-electron chi connectivity index (χ0n) is 14.8. The molecule has 3 nitrogen and oxygen atoms in total. The number of hydrogen-bond acceptors (Lipinski definition) is 3. The molecule has 25 heavy (non-hydrogen) atoms. The minimum absolute atomic E-state index is 0.251. The predicted octanol–water partition coefficient (Wildman–Crippen LogP) is 4.19. The summed E-state index contributed by atoms with van der Waals surface area (Å²) in [5.74, 6) is 1.16. The highest BCUT2D eigenvalue weighted by Crippen LogP contribution is 2.39. The molecule has 1 saturated carbocycles. The van der Waals surface area contributed by atoms with Crippen molar-refractivity contribution in [3.63, 3.8) is 0 Å². The van der Waals surface area contributed by atoms with Crippen LogP contribution in [0.25, 0.3) is 0 Å². The third kappa shape index (κ3) is 7.65. The largest absolute Gasteiger partial charge is 0.451 e. The van der Waals surface area contributed by atoms with Crippen molar-refractivity contribution in [2.24, 2.45) is 17.6 Å². The van der Waals surface area contributed by atoms with Gasteiger partial charge in [0.2, 0.25) is 0 Å². The van der Waals surface area contributed by atoms with Gasteiger partial charge < -0.3 is 15.8 Å². The Morgan fingerprint density at radius 1 is 1.16 bits per heavy atom. The van der Waals surface area contributed by atoms with Crippen LogP contribution in [-0.4, -0.2) is 23.2 Å². The molecule has 1 aromatic carbocycles. The summed E-state index contributed by atoms with van der Waals surface area (Å²) >= 11 is 5.87. The van der Waals surface area contributed by atoms with Gasteiger partial charge in [0.1, 0.15) is 5.82 Å². The molecule has 1 atom stereocenters. The van der Waals surface area contributed by atoms with E-state index in [9.17, 15) is 4.39 Å². The fraction of sp³-hybridized carbons (Fsp3) is 0.684. The summed E-state index contributed by atoms with van der Waals surface area (Å²) in [6, 6.07) is 5.01. The number of nitrogens with two attached hydrogens (primary N) is 1. The second-order valence-electron chi connectivity index (χ2n) is 7.55. The molecule has 0 aliphatic heterocycles. The molecule has 0 bridgehead atoms. The highest BCUT2D eigenvalue weighted by atomic mass is 35.5. The van der Waals surface area contributed by atoms with Crippen LogP contribution in [0.1, 0.15) is 56.9 Å². The molecular formula is C19H30BClFNO2.